The predicted molar refractivity (Wildman–Crippen MR) is 64.3 cm³/mol. The molecule has 0 bridgehead atoms. The molecule has 1 aromatic heterocycles. The summed E-state index contributed by atoms with van der Waals surface area (Å²) in [6.45, 7) is 0. The molecule has 2 aromatic rings. The highest BCUT2D eigenvalue weighted by Crippen LogP contribution is 2.35. The highest BCUT2D eigenvalue weighted by atomic mass is 14.6. The first kappa shape index (κ1) is 9.59. The van der Waals surface area contributed by atoms with E-state index in [-0.39, 0.29) is 0 Å². The molecule has 1 heteroatoms. The standard InChI is InChI=1S/C15H14N/c1-2-8-14-12(5-1)6-3-9-15(14)13-7-4-10-16-11-13/h1-2,4-5,7-8,10,15H,3,6,9H2. The highest BCUT2D eigenvalue weighted by Gasteiger charge is 2.21. The van der Waals surface area contributed by atoms with Crippen molar-refractivity contribution in [3.63, 3.8) is 0 Å². The van der Waals surface area contributed by atoms with Crippen LogP contribution in [0.3, 0.4) is 0 Å². The van der Waals surface area contributed by atoms with Crippen LogP contribution in [0.25, 0.3) is 0 Å². The van der Waals surface area contributed by atoms with E-state index >= 15 is 0 Å². The zero-order valence-electron chi connectivity index (χ0n) is 9.19. The van der Waals surface area contributed by atoms with Gasteiger partial charge in [-0.3, -0.25) is 4.98 Å². The minimum Gasteiger partial charge on any atom is -0.254 e. The molecule has 1 heterocycles. The van der Waals surface area contributed by atoms with Crippen LogP contribution in [0.1, 0.15) is 35.4 Å². The Kier molecular flexibility index (Phi) is 2.45. The van der Waals surface area contributed by atoms with Crippen molar-refractivity contribution in [2.24, 2.45) is 0 Å². The van der Waals surface area contributed by atoms with Crippen LogP contribution < -0.4 is 0 Å². The summed E-state index contributed by atoms with van der Waals surface area (Å²) in [4.78, 5) is 4.11. The molecular weight excluding hydrogens is 194 g/mol. The van der Waals surface area contributed by atoms with Gasteiger partial charge in [-0.25, -0.2) is 0 Å². The second-order valence-electron chi connectivity index (χ2n) is 4.35. The van der Waals surface area contributed by atoms with Crippen LogP contribution in [0, 0.1) is 6.20 Å². The van der Waals surface area contributed by atoms with Crippen molar-refractivity contribution < 1.29 is 0 Å². The fourth-order valence-electron chi connectivity index (χ4n) is 2.61. The molecule has 1 aromatic carbocycles. The highest BCUT2D eigenvalue weighted by molar-refractivity contribution is 5.38. The molecule has 1 nitrogen and oxygen atoms in total. The molecule has 0 aliphatic heterocycles. The Bertz CT molecular complexity index is 476. The van der Waals surface area contributed by atoms with Crippen LogP contribution in [-0.4, -0.2) is 4.98 Å². The quantitative estimate of drug-likeness (QED) is 0.700. The molecular formula is C15H14N. The van der Waals surface area contributed by atoms with Crippen LogP contribution in [0.4, 0.5) is 0 Å². The van der Waals surface area contributed by atoms with E-state index in [4.69, 9.17) is 0 Å². The Labute approximate surface area is 96.2 Å². The van der Waals surface area contributed by atoms with E-state index in [2.05, 4.69) is 41.5 Å². The SMILES string of the molecule is [c]1ncccc1C1CCCc2ccccc21. The minimum atomic E-state index is 0.499. The van der Waals surface area contributed by atoms with Crippen molar-refractivity contribution in [3.8, 4) is 0 Å². The summed E-state index contributed by atoms with van der Waals surface area (Å²) in [7, 11) is 0. The first-order chi connectivity index (χ1) is 7.95. The van der Waals surface area contributed by atoms with Gasteiger partial charge in [0.2, 0.25) is 0 Å². The summed E-state index contributed by atoms with van der Waals surface area (Å²) in [5, 5.41) is 0. The van der Waals surface area contributed by atoms with Gasteiger partial charge in [0.1, 0.15) is 0 Å². The fourth-order valence-corrected chi connectivity index (χ4v) is 2.61. The Morgan fingerprint density at radius 3 is 2.94 bits per heavy atom. The number of rotatable bonds is 1. The van der Waals surface area contributed by atoms with Crippen molar-refractivity contribution in [2.45, 2.75) is 25.2 Å². The van der Waals surface area contributed by atoms with E-state index in [0.29, 0.717) is 5.92 Å². The Morgan fingerprint density at radius 1 is 1.12 bits per heavy atom. The Balaban J connectivity index is 2.05. The molecule has 1 aliphatic rings. The first-order valence-corrected chi connectivity index (χ1v) is 5.85. The lowest BCUT2D eigenvalue weighted by molar-refractivity contribution is 0.614. The molecule has 3 rings (SSSR count). The van der Waals surface area contributed by atoms with Gasteiger partial charge in [-0.05, 0) is 42.0 Å². The molecule has 1 aliphatic carbocycles. The summed E-state index contributed by atoms with van der Waals surface area (Å²) in [6.07, 6.45) is 8.62. The Hall–Kier alpha value is -1.63. The predicted octanol–water partition coefficient (Wildman–Crippen LogP) is 3.35. The molecule has 16 heavy (non-hydrogen) atoms. The number of fused-ring (bicyclic) bond motifs is 1. The maximum absolute atomic E-state index is 4.11. The van der Waals surface area contributed by atoms with Gasteiger partial charge in [0.25, 0.3) is 0 Å². The topological polar surface area (TPSA) is 12.9 Å². The lowest BCUT2D eigenvalue weighted by Gasteiger charge is -2.25. The van der Waals surface area contributed by atoms with Crippen molar-refractivity contribution in [1.29, 1.82) is 0 Å². The van der Waals surface area contributed by atoms with Gasteiger partial charge in [-0.15, -0.1) is 0 Å². The average Bonchev–Trinajstić information content (AvgIpc) is 2.39. The first-order valence-electron chi connectivity index (χ1n) is 5.85. The second-order valence-corrected chi connectivity index (χ2v) is 4.35. The van der Waals surface area contributed by atoms with Crippen LogP contribution in [0.5, 0.6) is 0 Å². The third kappa shape index (κ3) is 1.63. The average molecular weight is 208 g/mol. The maximum Gasteiger partial charge on any atom is 0.0927 e. The molecule has 0 saturated carbocycles. The van der Waals surface area contributed by atoms with Gasteiger partial charge in [-0.2, -0.15) is 0 Å². The van der Waals surface area contributed by atoms with Gasteiger partial charge < -0.3 is 0 Å². The van der Waals surface area contributed by atoms with Crippen molar-refractivity contribution in [3.05, 3.63) is 65.5 Å². The molecule has 1 unspecified atom stereocenters. The number of nitrogens with zero attached hydrogens (tertiary/aromatic N) is 1. The number of hydrogen-bond donors (Lipinski definition) is 0. The second kappa shape index (κ2) is 4.09. The number of hydrogen-bond acceptors (Lipinski definition) is 1. The molecule has 79 valence electrons. The molecule has 1 atom stereocenters. The Morgan fingerprint density at radius 2 is 2.06 bits per heavy atom. The van der Waals surface area contributed by atoms with E-state index in [9.17, 15) is 0 Å². The van der Waals surface area contributed by atoms with Gasteiger partial charge in [0.15, 0.2) is 0 Å². The summed E-state index contributed by atoms with van der Waals surface area (Å²) in [5.41, 5.74) is 4.20. The fraction of sp³-hybridized carbons (Fsp3) is 0.267. The molecule has 0 fully saturated rings. The third-order valence-electron chi connectivity index (χ3n) is 3.37. The largest absolute Gasteiger partial charge is 0.254 e. The maximum atomic E-state index is 4.11. The normalized spacial score (nSPS) is 19.1. The molecule has 0 amide bonds. The number of aryl methyl sites for hydroxylation is 1. The third-order valence-corrected chi connectivity index (χ3v) is 3.37. The van der Waals surface area contributed by atoms with E-state index in [1.54, 1.807) is 6.20 Å². The van der Waals surface area contributed by atoms with Gasteiger partial charge in [0, 0.05) is 12.1 Å². The van der Waals surface area contributed by atoms with Crippen molar-refractivity contribution in [2.75, 3.05) is 0 Å². The minimum absolute atomic E-state index is 0.499. The van der Waals surface area contributed by atoms with Crippen molar-refractivity contribution in [1.82, 2.24) is 4.98 Å². The van der Waals surface area contributed by atoms with E-state index in [1.165, 1.54) is 36.0 Å². The monoisotopic (exact) mass is 208 g/mol. The number of benzene rings is 1. The van der Waals surface area contributed by atoms with Gasteiger partial charge in [0.05, 0.1) is 6.20 Å². The molecule has 0 saturated heterocycles. The smallest absolute Gasteiger partial charge is 0.0927 e. The molecule has 0 spiro atoms. The number of pyridine rings is 1. The summed E-state index contributed by atoms with van der Waals surface area (Å²) < 4.78 is 0. The van der Waals surface area contributed by atoms with E-state index in [1.807, 2.05) is 6.07 Å². The summed E-state index contributed by atoms with van der Waals surface area (Å²) in [6, 6.07) is 12.9. The van der Waals surface area contributed by atoms with E-state index < -0.39 is 0 Å². The zero-order chi connectivity index (χ0) is 10.8. The summed E-state index contributed by atoms with van der Waals surface area (Å²) in [5.74, 6) is 0.499. The van der Waals surface area contributed by atoms with Crippen molar-refractivity contribution >= 4 is 0 Å². The zero-order valence-corrected chi connectivity index (χ0v) is 9.19. The number of aromatic nitrogens is 1. The molecule has 1 radical (unpaired) electrons. The van der Waals surface area contributed by atoms with Crippen LogP contribution in [0.2, 0.25) is 0 Å². The van der Waals surface area contributed by atoms with Crippen LogP contribution >= 0.6 is 0 Å². The molecule has 0 N–H and O–H groups in total. The van der Waals surface area contributed by atoms with Gasteiger partial charge in [-0.1, -0.05) is 30.3 Å². The van der Waals surface area contributed by atoms with Crippen LogP contribution in [-0.2, 0) is 6.42 Å². The lowest BCUT2D eigenvalue weighted by atomic mass is 9.79. The van der Waals surface area contributed by atoms with Gasteiger partial charge >= 0.3 is 0 Å². The lowest BCUT2D eigenvalue weighted by Crippen LogP contribution is -2.11. The summed E-state index contributed by atoms with van der Waals surface area (Å²) >= 11 is 0. The van der Waals surface area contributed by atoms with Crippen LogP contribution in [0.15, 0.2) is 42.6 Å². The van der Waals surface area contributed by atoms with E-state index in [0.717, 1.165) is 0 Å².